The van der Waals surface area contributed by atoms with Gasteiger partial charge in [-0.05, 0) is 51.5 Å². The van der Waals surface area contributed by atoms with Gasteiger partial charge < -0.3 is 25.6 Å². The summed E-state index contributed by atoms with van der Waals surface area (Å²) in [6.45, 7) is 8.85. The highest BCUT2D eigenvalue weighted by molar-refractivity contribution is 5.94. The number of hydrogen-bond acceptors (Lipinski definition) is 7. The van der Waals surface area contributed by atoms with Crippen LogP contribution in [0.25, 0.3) is 0 Å². The minimum absolute atomic E-state index is 0.0726. The lowest BCUT2D eigenvalue weighted by atomic mass is 10.0. The molecule has 0 unspecified atom stereocenters. The fraction of sp³-hybridized carbons (Fsp3) is 0.593. The molecule has 0 radical (unpaired) electrons. The molecule has 0 aliphatic carbocycles. The number of hydroxylamine groups is 1. The molecule has 2 rings (SSSR count). The largest absolute Gasteiger partial charge is 0.444 e. The average Bonchev–Trinajstić information content (AvgIpc) is 3.35. The van der Waals surface area contributed by atoms with Crippen LogP contribution in [0.1, 0.15) is 59.4 Å². The Morgan fingerprint density at radius 2 is 1.72 bits per heavy atom. The molecule has 0 spiro atoms. The van der Waals surface area contributed by atoms with E-state index in [1.807, 2.05) is 44.2 Å². The van der Waals surface area contributed by atoms with Crippen molar-refractivity contribution in [1.82, 2.24) is 26.3 Å². The Labute approximate surface area is 229 Å². The molecule has 12 heteroatoms. The molecule has 1 aromatic carbocycles. The molecule has 216 valence electrons. The van der Waals surface area contributed by atoms with Gasteiger partial charge in [0.25, 0.3) is 5.91 Å². The molecular weight excluding hydrogens is 506 g/mol. The van der Waals surface area contributed by atoms with Gasteiger partial charge in [0.2, 0.25) is 17.7 Å². The third-order valence-corrected chi connectivity index (χ3v) is 5.69. The zero-order valence-electron chi connectivity index (χ0n) is 23.4. The number of carbonyl (C=O) groups is 5. The second-order valence-corrected chi connectivity index (χ2v) is 10.8. The van der Waals surface area contributed by atoms with Gasteiger partial charge in [-0.2, -0.15) is 0 Å². The molecule has 1 aliphatic rings. The highest BCUT2D eigenvalue weighted by atomic mass is 16.6. The van der Waals surface area contributed by atoms with E-state index in [4.69, 9.17) is 9.57 Å². The van der Waals surface area contributed by atoms with E-state index < -0.39 is 47.4 Å². The molecule has 0 bridgehead atoms. The van der Waals surface area contributed by atoms with E-state index in [0.717, 1.165) is 5.56 Å². The van der Waals surface area contributed by atoms with Crippen LogP contribution in [0.2, 0.25) is 0 Å². The summed E-state index contributed by atoms with van der Waals surface area (Å²) >= 11 is 0. The van der Waals surface area contributed by atoms with E-state index in [1.165, 1.54) is 4.90 Å². The van der Waals surface area contributed by atoms with Crippen molar-refractivity contribution < 1.29 is 33.5 Å². The first kappa shape index (κ1) is 31.5. The Morgan fingerprint density at radius 3 is 2.36 bits per heavy atom. The van der Waals surface area contributed by atoms with Crippen molar-refractivity contribution in [2.75, 3.05) is 19.6 Å². The third kappa shape index (κ3) is 11.7. The van der Waals surface area contributed by atoms with Crippen molar-refractivity contribution in [1.29, 1.82) is 0 Å². The third-order valence-electron chi connectivity index (χ3n) is 5.69. The van der Waals surface area contributed by atoms with Crippen molar-refractivity contribution in [3.05, 3.63) is 35.9 Å². The van der Waals surface area contributed by atoms with Crippen LogP contribution in [0.15, 0.2) is 30.3 Å². The minimum atomic E-state index is -0.895. The summed E-state index contributed by atoms with van der Waals surface area (Å²) in [5.74, 6) is -1.87. The van der Waals surface area contributed by atoms with Gasteiger partial charge in [0.05, 0.1) is 13.2 Å². The SMILES string of the molecule is CC(C)C[C@H](NC(=O)[C@@H]1CCCN1C(=O)CNC(=O)OC(C)(C)C)C(=O)NCC(=O)NOCc1ccccc1. The summed E-state index contributed by atoms with van der Waals surface area (Å²) < 4.78 is 5.14. The van der Waals surface area contributed by atoms with Crippen molar-refractivity contribution in [2.24, 2.45) is 5.92 Å². The number of alkyl carbamates (subject to hydrolysis) is 1. The second-order valence-electron chi connectivity index (χ2n) is 10.8. The van der Waals surface area contributed by atoms with Crippen LogP contribution in [0, 0.1) is 5.92 Å². The Morgan fingerprint density at radius 1 is 1.03 bits per heavy atom. The first-order valence-electron chi connectivity index (χ1n) is 13.1. The van der Waals surface area contributed by atoms with Crippen LogP contribution in [0.4, 0.5) is 4.79 Å². The minimum Gasteiger partial charge on any atom is -0.444 e. The summed E-state index contributed by atoms with van der Waals surface area (Å²) in [4.78, 5) is 69.2. The van der Waals surface area contributed by atoms with Gasteiger partial charge in [-0.15, -0.1) is 0 Å². The lowest BCUT2D eigenvalue weighted by Gasteiger charge is -2.27. The number of amides is 5. The van der Waals surface area contributed by atoms with Crippen LogP contribution in [-0.4, -0.2) is 71.9 Å². The van der Waals surface area contributed by atoms with E-state index in [9.17, 15) is 24.0 Å². The van der Waals surface area contributed by atoms with Gasteiger partial charge in [0.15, 0.2) is 0 Å². The summed E-state index contributed by atoms with van der Waals surface area (Å²) in [6, 6.07) is 7.61. The number of ether oxygens (including phenoxy) is 1. The molecule has 1 saturated heterocycles. The number of carbonyl (C=O) groups excluding carboxylic acids is 5. The van der Waals surface area contributed by atoms with Gasteiger partial charge in [-0.3, -0.25) is 24.0 Å². The normalized spacial score (nSPS) is 15.8. The smallest absolute Gasteiger partial charge is 0.408 e. The number of likely N-dealkylation sites (tertiary alicyclic amines) is 1. The Hall–Kier alpha value is -3.67. The fourth-order valence-electron chi connectivity index (χ4n) is 3.97. The van der Waals surface area contributed by atoms with Crippen LogP contribution in [0.3, 0.4) is 0 Å². The van der Waals surface area contributed by atoms with E-state index in [0.29, 0.717) is 25.8 Å². The van der Waals surface area contributed by atoms with Crippen molar-refractivity contribution in [3.8, 4) is 0 Å². The Balaban J connectivity index is 1.86. The lowest BCUT2D eigenvalue weighted by molar-refractivity contribution is -0.139. The van der Waals surface area contributed by atoms with Gasteiger partial charge >= 0.3 is 6.09 Å². The van der Waals surface area contributed by atoms with Crippen LogP contribution >= 0.6 is 0 Å². The summed E-state index contributed by atoms with van der Waals surface area (Å²) in [5.41, 5.74) is 2.45. The maximum absolute atomic E-state index is 13.1. The number of nitrogens with zero attached hydrogens (tertiary/aromatic N) is 1. The summed E-state index contributed by atoms with van der Waals surface area (Å²) in [7, 11) is 0. The van der Waals surface area contributed by atoms with Gasteiger partial charge in [0.1, 0.15) is 24.2 Å². The number of nitrogens with one attached hydrogen (secondary N) is 4. The maximum Gasteiger partial charge on any atom is 0.408 e. The molecular formula is C27H41N5O7. The topological polar surface area (TPSA) is 155 Å². The van der Waals surface area contributed by atoms with E-state index in [-0.39, 0.29) is 25.6 Å². The van der Waals surface area contributed by atoms with Crippen LogP contribution in [-0.2, 0) is 35.4 Å². The number of rotatable bonds is 12. The molecule has 39 heavy (non-hydrogen) atoms. The molecule has 0 aromatic heterocycles. The molecule has 2 atom stereocenters. The molecule has 12 nitrogen and oxygen atoms in total. The zero-order valence-corrected chi connectivity index (χ0v) is 23.4. The molecule has 1 aromatic rings. The fourth-order valence-corrected chi connectivity index (χ4v) is 3.97. The highest BCUT2D eigenvalue weighted by Gasteiger charge is 2.36. The van der Waals surface area contributed by atoms with Gasteiger partial charge in [-0.25, -0.2) is 10.3 Å². The molecule has 1 aliphatic heterocycles. The van der Waals surface area contributed by atoms with Crippen LogP contribution in [0.5, 0.6) is 0 Å². The maximum atomic E-state index is 13.1. The molecule has 0 saturated carbocycles. The molecule has 1 fully saturated rings. The van der Waals surface area contributed by atoms with Gasteiger partial charge in [0, 0.05) is 6.54 Å². The molecule has 1 heterocycles. The Bertz CT molecular complexity index is 994. The molecule has 4 N–H and O–H groups in total. The van der Waals surface area contributed by atoms with E-state index in [1.54, 1.807) is 20.8 Å². The summed E-state index contributed by atoms with van der Waals surface area (Å²) in [5, 5.41) is 7.68. The van der Waals surface area contributed by atoms with E-state index >= 15 is 0 Å². The van der Waals surface area contributed by atoms with Crippen LogP contribution < -0.4 is 21.4 Å². The predicted octanol–water partition coefficient (Wildman–Crippen LogP) is 1.40. The molecule has 5 amide bonds. The summed E-state index contributed by atoms with van der Waals surface area (Å²) in [6.07, 6.45) is 0.658. The van der Waals surface area contributed by atoms with E-state index in [2.05, 4.69) is 21.4 Å². The van der Waals surface area contributed by atoms with Gasteiger partial charge in [-0.1, -0.05) is 44.2 Å². The van der Waals surface area contributed by atoms with Crippen molar-refractivity contribution >= 4 is 29.7 Å². The number of benzene rings is 1. The number of hydrogen-bond donors (Lipinski definition) is 4. The predicted molar refractivity (Wildman–Crippen MR) is 143 cm³/mol. The zero-order chi connectivity index (χ0) is 29.0. The first-order valence-corrected chi connectivity index (χ1v) is 13.1. The lowest BCUT2D eigenvalue weighted by Crippen LogP contribution is -2.55. The second kappa shape index (κ2) is 15.1. The van der Waals surface area contributed by atoms with Crippen molar-refractivity contribution in [2.45, 2.75) is 78.2 Å². The van der Waals surface area contributed by atoms with Crippen molar-refractivity contribution in [3.63, 3.8) is 0 Å². The quantitative estimate of drug-likeness (QED) is 0.288. The highest BCUT2D eigenvalue weighted by Crippen LogP contribution is 2.18. The average molecular weight is 548 g/mol. The first-order chi connectivity index (χ1) is 18.4. The Kier molecular flexibility index (Phi) is 12.2. The standard InChI is InChI=1S/C27H41N5O7/c1-18(2)14-20(24(35)28-15-22(33)31-38-17-19-10-7-6-8-11-19)30-25(36)21-12-9-13-32(21)23(34)16-29-26(37)39-27(3,4)5/h6-8,10-11,18,20-21H,9,12-17H2,1-5H3,(H,28,35)(H,29,37)(H,30,36)(H,31,33)/t20-,21-/m0/s1. The monoisotopic (exact) mass is 547 g/mol.